The van der Waals surface area contributed by atoms with Crippen molar-refractivity contribution in [1.29, 1.82) is 0 Å². The van der Waals surface area contributed by atoms with Gasteiger partial charge in [0.05, 0.1) is 0 Å². The van der Waals surface area contributed by atoms with Gasteiger partial charge in [0, 0.05) is 52.7 Å². The topological polar surface area (TPSA) is 48.4 Å². The highest BCUT2D eigenvalue weighted by atomic mass is 15.3. The highest BCUT2D eigenvalue weighted by Gasteiger charge is 2.20. The minimum atomic E-state index is 0.289. The normalized spacial score (nSPS) is 16.0. The zero-order chi connectivity index (χ0) is 18.5. The van der Waals surface area contributed by atoms with Crippen molar-refractivity contribution < 1.29 is 0 Å². The Morgan fingerprint density at radius 2 is 1.73 bits per heavy atom. The SMILES string of the molecule is CC(C)c1nc(N(C)C)nc(N2CCCN(Cc3ccccc3)CC2)n1. The molecule has 3 rings (SSSR count). The van der Waals surface area contributed by atoms with E-state index in [1.54, 1.807) is 0 Å². The van der Waals surface area contributed by atoms with Crippen LogP contribution in [0.5, 0.6) is 0 Å². The molecule has 6 nitrogen and oxygen atoms in total. The van der Waals surface area contributed by atoms with Gasteiger partial charge in [0.1, 0.15) is 5.82 Å². The smallest absolute Gasteiger partial charge is 0.230 e. The van der Waals surface area contributed by atoms with Crippen LogP contribution < -0.4 is 9.80 Å². The van der Waals surface area contributed by atoms with Crippen molar-refractivity contribution in [2.24, 2.45) is 0 Å². The third-order valence-electron chi connectivity index (χ3n) is 4.67. The maximum Gasteiger partial charge on any atom is 0.230 e. The minimum Gasteiger partial charge on any atom is -0.347 e. The maximum absolute atomic E-state index is 4.75. The summed E-state index contributed by atoms with van der Waals surface area (Å²) < 4.78 is 0. The zero-order valence-corrected chi connectivity index (χ0v) is 16.4. The van der Waals surface area contributed by atoms with Gasteiger partial charge < -0.3 is 9.80 Å². The van der Waals surface area contributed by atoms with Crippen LogP contribution in [0.15, 0.2) is 30.3 Å². The van der Waals surface area contributed by atoms with E-state index in [0.29, 0.717) is 0 Å². The summed E-state index contributed by atoms with van der Waals surface area (Å²) in [6.07, 6.45) is 1.12. The summed E-state index contributed by atoms with van der Waals surface area (Å²) in [7, 11) is 3.96. The lowest BCUT2D eigenvalue weighted by Gasteiger charge is -2.23. The number of hydrogen-bond acceptors (Lipinski definition) is 6. The highest BCUT2D eigenvalue weighted by Crippen LogP contribution is 2.19. The van der Waals surface area contributed by atoms with E-state index in [-0.39, 0.29) is 5.92 Å². The lowest BCUT2D eigenvalue weighted by Crippen LogP contribution is -2.32. The predicted molar refractivity (Wildman–Crippen MR) is 107 cm³/mol. The van der Waals surface area contributed by atoms with E-state index in [4.69, 9.17) is 9.97 Å². The van der Waals surface area contributed by atoms with Crippen LogP contribution in [-0.4, -0.2) is 60.1 Å². The van der Waals surface area contributed by atoms with Crippen LogP contribution in [0.4, 0.5) is 11.9 Å². The molecule has 1 fully saturated rings. The second kappa shape index (κ2) is 8.45. The molecule has 0 spiro atoms. The van der Waals surface area contributed by atoms with Gasteiger partial charge in [-0.1, -0.05) is 44.2 Å². The molecular weight excluding hydrogens is 324 g/mol. The molecule has 0 aliphatic carbocycles. The lowest BCUT2D eigenvalue weighted by atomic mass is 10.2. The molecular formula is C20H30N6. The first kappa shape index (κ1) is 18.6. The molecule has 1 aliphatic heterocycles. The maximum atomic E-state index is 4.75. The minimum absolute atomic E-state index is 0.289. The Morgan fingerprint density at radius 1 is 0.962 bits per heavy atom. The molecule has 0 saturated carbocycles. The molecule has 1 saturated heterocycles. The first-order valence-electron chi connectivity index (χ1n) is 9.47. The molecule has 140 valence electrons. The van der Waals surface area contributed by atoms with Crippen LogP contribution in [0.2, 0.25) is 0 Å². The molecule has 1 aromatic carbocycles. The fourth-order valence-corrected chi connectivity index (χ4v) is 3.14. The fraction of sp³-hybridized carbons (Fsp3) is 0.550. The third kappa shape index (κ3) is 4.69. The standard InChI is InChI=1S/C20H30N6/c1-16(2)18-21-19(24(3)4)23-20(22-18)26-12-8-11-25(13-14-26)15-17-9-6-5-7-10-17/h5-7,9-10,16H,8,11-15H2,1-4H3. The van der Waals surface area contributed by atoms with Crippen LogP contribution in [-0.2, 0) is 6.54 Å². The lowest BCUT2D eigenvalue weighted by molar-refractivity contribution is 0.285. The molecule has 26 heavy (non-hydrogen) atoms. The van der Waals surface area contributed by atoms with Crippen molar-refractivity contribution in [2.75, 3.05) is 50.1 Å². The van der Waals surface area contributed by atoms with Gasteiger partial charge in [0.2, 0.25) is 11.9 Å². The third-order valence-corrected chi connectivity index (χ3v) is 4.67. The number of benzene rings is 1. The van der Waals surface area contributed by atoms with E-state index in [2.05, 4.69) is 59.0 Å². The van der Waals surface area contributed by atoms with E-state index in [9.17, 15) is 0 Å². The van der Waals surface area contributed by atoms with Crippen LogP contribution in [0, 0.1) is 0 Å². The quantitative estimate of drug-likeness (QED) is 0.823. The molecule has 2 aromatic rings. The van der Waals surface area contributed by atoms with Gasteiger partial charge in [0.15, 0.2) is 0 Å². The molecule has 2 heterocycles. The summed E-state index contributed by atoms with van der Waals surface area (Å²) in [5.41, 5.74) is 1.37. The van der Waals surface area contributed by atoms with Gasteiger partial charge in [-0.25, -0.2) is 0 Å². The molecule has 0 radical (unpaired) electrons. The molecule has 0 atom stereocenters. The van der Waals surface area contributed by atoms with Gasteiger partial charge in [-0.3, -0.25) is 4.90 Å². The average molecular weight is 355 g/mol. The molecule has 0 unspecified atom stereocenters. The summed E-state index contributed by atoms with van der Waals surface area (Å²) in [6, 6.07) is 10.7. The number of aromatic nitrogens is 3. The largest absolute Gasteiger partial charge is 0.347 e. The predicted octanol–water partition coefficient (Wildman–Crippen LogP) is 2.77. The molecule has 0 bridgehead atoms. The Bertz CT molecular complexity index is 674. The van der Waals surface area contributed by atoms with Gasteiger partial charge in [-0.2, -0.15) is 15.0 Å². The van der Waals surface area contributed by atoms with E-state index < -0.39 is 0 Å². The second-order valence-electron chi connectivity index (χ2n) is 7.45. The van der Waals surface area contributed by atoms with Gasteiger partial charge >= 0.3 is 0 Å². The summed E-state index contributed by atoms with van der Waals surface area (Å²) in [5.74, 6) is 2.71. The Labute approximate surface area is 156 Å². The second-order valence-corrected chi connectivity index (χ2v) is 7.45. The van der Waals surface area contributed by atoms with Gasteiger partial charge in [-0.05, 0) is 12.0 Å². The summed E-state index contributed by atoms with van der Waals surface area (Å²) >= 11 is 0. The number of nitrogens with zero attached hydrogens (tertiary/aromatic N) is 6. The Hall–Kier alpha value is -2.21. The summed E-state index contributed by atoms with van der Waals surface area (Å²) in [6.45, 7) is 9.32. The fourth-order valence-electron chi connectivity index (χ4n) is 3.14. The number of anilines is 2. The van der Waals surface area contributed by atoms with Crippen LogP contribution in [0.1, 0.15) is 37.6 Å². The van der Waals surface area contributed by atoms with E-state index in [0.717, 1.165) is 56.9 Å². The van der Waals surface area contributed by atoms with E-state index in [1.807, 2.05) is 19.0 Å². The zero-order valence-electron chi connectivity index (χ0n) is 16.4. The molecule has 1 aromatic heterocycles. The molecule has 0 N–H and O–H groups in total. The number of hydrogen-bond donors (Lipinski definition) is 0. The molecule has 6 heteroatoms. The van der Waals surface area contributed by atoms with Crippen molar-refractivity contribution in [3.05, 3.63) is 41.7 Å². The van der Waals surface area contributed by atoms with E-state index in [1.165, 1.54) is 5.56 Å². The van der Waals surface area contributed by atoms with Crippen molar-refractivity contribution in [1.82, 2.24) is 19.9 Å². The van der Waals surface area contributed by atoms with Crippen molar-refractivity contribution in [3.8, 4) is 0 Å². The van der Waals surface area contributed by atoms with Gasteiger partial charge in [-0.15, -0.1) is 0 Å². The number of rotatable bonds is 5. The monoisotopic (exact) mass is 354 g/mol. The van der Waals surface area contributed by atoms with Crippen LogP contribution in [0.25, 0.3) is 0 Å². The van der Waals surface area contributed by atoms with Gasteiger partial charge in [0.25, 0.3) is 0 Å². The highest BCUT2D eigenvalue weighted by molar-refractivity contribution is 5.38. The van der Waals surface area contributed by atoms with Crippen molar-refractivity contribution in [3.63, 3.8) is 0 Å². The Kier molecular flexibility index (Phi) is 6.04. The summed E-state index contributed by atoms with van der Waals surface area (Å²) in [5, 5.41) is 0. The van der Waals surface area contributed by atoms with E-state index >= 15 is 0 Å². The first-order chi connectivity index (χ1) is 12.5. The Balaban J connectivity index is 1.72. The van der Waals surface area contributed by atoms with Crippen LogP contribution >= 0.6 is 0 Å². The Morgan fingerprint density at radius 3 is 2.42 bits per heavy atom. The summed E-state index contributed by atoms with van der Waals surface area (Å²) in [4.78, 5) is 20.8. The molecule has 0 amide bonds. The molecule has 1 aliphatic rings. The van der Waals surface area contributed by atoms with Crippen molar-refractivity contribution in [2.45, 2.75) is 32.7 Å². The average Bonchev–Trinajstić information content (AvgIpc) is 2.88. The van der Waals surface area contributed by atoms with Crippen molar-refractivity contribution >= 4 is 11.9 Å². The first-order valence-corrected chi connectivity index (χ1v) is 9.47. The van der Waals surface area contributed by atoms with Crippen LogP contribution in [0.3, 0.4) is 0 Å².